The molecule has 2 atom stereocenters. The lowest BCUT2D eigenvalue weighted by Crippen LogP contribution is -2.46. The van der Waals surface area contributed by atoms with Crippen molar-refractivity contribution in [2.75, 3.05) is 26.2 Å². The Balaban J connectivity index is 1.74. The van der Waals surface area contributed by atoms with Crippen molar-refractivity contribution in [3.8, 4) is 0 Å². The fraction of sp³-hybridized carbons (Fsp3) is 0.917. The second kappa shape index (κ2) is 5.96. The average molecular weight is 227 g/mol. The number of nitrogens with zero attached hydrogens (tertiary/aromatic N) is 2. The molecule has 4 heteroatoms. The van der Waals surface area contributed by atoms with Gasteiger partial charge in [-0.2, -0.15) is 0 Å². The van der Waals surface area contributed by atoms with Crippen LogP contribution in [0.25, 0.3) is 0 Å². The molecule has 0 aromatic rings. The molecule has 0 amide bonds. The maximum Gasteiger partial charge on any atom is 0.124 e. The Bertz CT molecular complexity index is 207. The predicted octanol–water partition coefficient (Wildman–Crippen LogP) is 0.409. The molecule has 0 bridgehead atoms. The molecule has 2 heterocycles. The smallest absolute Gasteiger partial charge is 0.124 e. The molecular weight excluding hydrogens is 204 g/mol. The highest BCUT2D eigenvalue weighted by molar-refractivity contribution is 4.83. The Morgan fingerprint density at radius 1 is 1.06 bits per heavy atom. The molecule has 0 saturated carbocycles. The minimum Gasteiger partial charge on any atom is -0.392 e. The SMILES string of the molecule is OC1CCCN([CH]C(O)N2CCCCC2)C1. The second-order valence-corrected chi connectivity index (χ2v) is 4.95. The number of rotatable bonds is 3. The molecule has 4 nitrogen and oxygen atoms in total. The number of piperidine rings is 2. The molecule has 0 spiro atoms. The number of hydrogen-bond donors (Lipinski definition) is 2. The lowest BCUT2D eigenvalue weighted by molar-refractivity contribution is -0.0167. The monoisotopic (exact) mass is 227 g/mol. The molecule has 1 radical (unpaired) electrons. The van der Waals surface area contributed by atoms with E-state index in [1.165, 1.54) is 19.3 Å². The van der Waals surface area contributed by atoms with Crippen LogP contribution >= 0.6 is 0 Å². The van der Waals surface area contributed by atoms with Crippen molar-refractivity contribution >= 4 is 0 Å². The van der Waals surface area contributed by atoms with Crippen LogP contribution in [0.1, 0.15) is 32.1 Å². The van der Waals surface area contributed by atoms with E-state index in [0.717, 1.165) is 32.5 Å². The van der Waals surface area contributed by atoms with Gasteiger partial charge in [0.25, 0.3) is 0 Å². The topological polar surface area (TPSA) is 46.9 Å². The van der Waals surface area contributed by atoms with Crippen molar-refractivity contribution in [2.45, 2.75) is 44.4 Å². The summed E-state index contributed by atoms with van der Waals surface area (Å²) >= 11 is 0. The van der Waals surface area contributed by atoms with Crippen LogP contribution in [0.5, 0.6) is 0 Å². The van der Waals surface area contributed by atoms with E-state index in [9.17, 15) is 10.2 Å². The minimum atomic E-state index is -0.467. The van der Waals surface area contributed by atoms with Crippen LogP contribution in [0.3, 0.4) is 0 Å². The number of β-amino-alcohol motifs (C(OH)–C–C–N with tert-alkyl or cyclic N) is 1. The van der Waals surface area contributed by atoms with Crippen molar-refractivity contribution in [3.05, 3.63) is 6.54 Å². The van der Waals surface area contributed by atoms with Gasteiger partial charge in [-0.15, -0.1) is 0 Å². The van der Waals surface area contributed by atoms with Crippen molar-refractivity contribution in [1.29, 1.82) is 0 Å². The fourth-order valence-corrected chi connectivity index (χ4v) is 2.58. The van der Waals surface area contributed by atoms with Gasteiger partial charge in [0.05, 0.1) is 12.6 Å². The number of hydrogen-bond acceptors (Lipinski definition) is 4. The van der Waals surface area contributed by atoms with Crippen LogP contribution in [0.4, 0.5) is 0 Å². The van der Waals surface area contributed by atoms with Crippen LogP contribution in [0, 0.1) is 6.54 Å². The molecule has 2 rings (SSSR count). The molecular formula is C12H23N2O2. The van der Waals surface area contributed by atoms with Gasteiger partial charge >= 0.3 is 0 Å². The normalized spacial score (nSPS) is 31.5. The Morgan fingerprint density at radius 2 is 1.81 bits per heavy atom. The highest BCUT2D eigenvalue weighted by Gasteiger charge is 2.24. The third kappa shape index (κ3) is 3.42. The Kier molecular flexibility index (Phi) is 4.58. The predicted molar refractivity (Wildman–Crippen MR) is 62.5 cm³/mol. The summed E-state index contributed by atoms with van der Waals surface area (Å²) in [5, 5.41) is 19.6. The van der Waals surface area contributed by atoms with E-state index in [0.29, 0.717) is 6.54 Å². The van der Waals surface area contributed by atoms with Gasteiger partial charge in [0, 0.05) is 19.6 Å². The van der Waals surface area contributed by atoms with Gasteiger partial charge in [0.15, 0.2) is 0 Å². The molecule has 2 aliphatic rings. The molecule has 2 unspecified atom stereocenters. The lowest BCUT2D eigenvalue weighted by Gasteiger charge is -2.36. The van der Waals surface area contributed by atoms with Crippen molar-refractivity contribution in [2.24, 2.45) is 0 Å². The zero-order valence-electron chi connectivity index (χ0n) is 9.88. The third-order valence-corrected chi connectivity index (χ3v) is 3.54. The van der Waals surface area contributed by atoms with Crippen molar-refractivity contribution in [1.82, 2.24) is 9.80 Å². The number of aliphatic hydroxyl groups excluding tert-OH is 2. The van der Waals surface area contributed by atoms with E-state index in [2.05, 4.69) is 9.80 Å². The van der Waals surface area contributed by atoms with Crippen LogP contribution in [0.2, 0.25) is 0 Å². The summed E-state index contributed by atoms with van der Waals surface area (Å²) in [4.78, 5) is 4.18. The summed E-state index contributed by atoms with van der Waals surface area (Å²) in [7, 11) is 0. The highest BCUT2D eigenvalue weighted by Crippen LogP contribution is 2.16. The molecule has 93 valence electrons. The van der Waals surface area contributed by atoms with Crippen LogP contribution in [-0.2, 0) is 0 Å². The third-order valence-electron chi connectivity index (χ3n) is 3.54. The Morgan fingerprint density at radius 3 is 2.50 bits per heavy atom. The standard InChI is InChI=1S/C12H23N2O2/c15-11-5-4-6-13(9-11)10-12(16)14-7-2-1-3-8-14/h10-12,15-16H,1-9H2. The maximum atomic E-state index is 10.1. The van der Waals surface area contributed by atoms with Gasteiger partial charge < -0.3 is 10.2 Å². The number of likely N-dealkylation sites (tertiary alicyclic amines) is 2. The van der Waals surface area contributed by atoms with E-state index in [4.69, 9.17) is 0 Å². The zero-order valence-corrected chi connectivity index (χ0v) is 9.88. The quantitative estimate of drug-likeness (QED) is 0.733. The van der Waals surface area contributed by atoms with Gasteiger partial charge in [-0.05, 0) is 32.2 Å². The molecule has 2 fully saturated rings. The summed E-state index contributed by atoms with van der Waals surface area (Å²) in [5.74, 6) is 0. The molecule has 0 aromatic carbocycles. The molecule has 0 aromatic heterocycles. The first kappa shape index (κ1) is 12.3. The summed E-state index contributed by atoms with van der Waals surface area (Å²) in [5.41, 5.74) is 0. The van der Waals surface area contributed by atoms with Crippen molar-refractivity contribution < 1.29 is 10.2 Å². The van der Waals surface area contributed by atoms with Crippen LogP contribution < -0.4 is 0 Å². The molecule has 2 saturated heterocycles. The number of aliphatic hydroxyl groups is 2. The van der Waals surface area contributed by atoms with Crippen LogP contribution in [0.15, 0.2) is 0 Å². The molecule has 2 N–H and O–H groups in total. The molecule has 2 aliphatic heterocycles. The molecule has 16 heavy (non-hydrogen) atoms. The zero-order chi connectivity index (χ0) is 11.4. The lowest BCUT2D eigenvalue weighted by atomic mass is 10.1. The minimum absolute atomic E-state index is 0.224. The van der Waals surface area contributed by atoms with E-state index >= 15 is 0 Å². The van der Waals surface area contributed by atoms with Gasteiger partial charge in [0.2, 0.25) is 0 Å². The van der Waals surface area contributed by atoms with Gasteiger partial charge in [0.1, 0.15) is 6.23 Å². The fourth-order valence-electron chi connectivity index (χ4n) is 2.58. The van der Waals surface area contributed by atoms with E-state index < -0.39 is 6.23 Å². The summed E-state index contributed by atoms with van der Waals surface area (Å²) in [6.45, 7) is 5.50. The van der Waals surface area contributed by atoms with Crippen LogP contribution in [-0.4, -0.2) is 58.5 Å². The second-order valence-electron chi connectivity index (χ2n) is 4.95. The Labute approximate surface area is 97.9 Å². The Hall–Kier alpha value is -0.160. The first-order valence-electron chi connectivity index (χ1n) is 6.45. The largest absolute Gasteiger partial charge is 0.392 e. The summed E-state index contributed by atoms with van der Waals surface area (Å²) < 4.78 is 0. The summed E-state index contributed by atoms with van der Waals surface area (Å²) in [6, 6.07) is 0. The van der Waals surface area contributed by atoms with Crippen molar-refractivity contribution in [3.63, 3.8) is 0 Å². The van der Waals surface area contributed by atoms with E-state index in [1.807, 2.05) is 6.54 Å². The average Bonchev–Trinajstić information content (AvgIpc) is 2.30. The molecule has 0 aliphatic carbocycles. The van der Waals surface area contributed by atoms with E-state index in [1.54, 1.807) is 0 Å². The summed E-state index contributed by atoms with van der Waals surface area (Å²) in [6.07, 6.45) is 4.88. The van der Waals surface area contributed by atoms with E-state index in [-0.39, 0.29) is 6.10 Å². The van der Waals surface area contributed by atoms with Gasteiger partial charge in [-0.3, -0.25) is 9.80 Å². The first-order valence-corrected chi connectivity index (χ1v) is 6.45. The highest BCUT2D eigenvalue weighted by atomic mass is 16.3. The van der Waals surface area contributed by atoms with Gasteiger partial charge in [-0.25, -0.2) is 0 Å². The first-order chi connectivity index (χ1) is 7.75. The maximum absolute atomic E-state index is 10.1. The van der Waals surface area contributed by atoms with Gasteiger partial charge in [-0.1, -0.05) is 6.42 Å².